The third-order valence-electron chi connectivity index (χ3n) is 1.80. The summed E-state index contributed by atoms with van der Waals surface area (Å²) < 4.78 is 1.38. The Hall–Kier alpha value is -1.28. The molecular weight excluding hydrogens is 209 g/mol. The van der Waals surface area contributed by atoms with Gasteiger partial charge in [-0.15, -0.1) is 9.24 Å². The molecule has 0 saturated heterocycles. The Morgan fingerprint density at radius 3 is 2.87 bits per heavy atom. The highest BCUT2D eigenvalue weighted by Gasteiger charge is 2.01. The molecule has 0 aliphatic carbocycles. The van der Waals surface area contributed by atoms with E-state index in [1.165, 1.54) is 4.68 Å². The molecule has 15 heavy (non-hydrogen) atoms. The van der Waals surface area contributed by atoms with Crippen LogP contribution in [0, 0.1) is 0 Å². The van der Waals surface area contributed by atoms with Crippen LogP contribution in [0.5, 0.6) is 0 Å². The van der Waals surface area contributed by atoms with Crippen LogP contribution < -0.4 is 5.56 Å². The molecule has 0 amide bonds. The van der Waals surface area contributed by atoms with E-state index in [0.29, 0.717) is 17.2 Å². The maximum atomic E-state index is 11.6. The van der Waals surface area contributed by atoms with Crippen LogP contribution in [0.3, 0.4) is 0 Å². The van der Waals surface area contributed by atoms with Gasteiger partial charge >= 0.3 is 0 Å². The summed E-state index contributed by atoms with van der Waals surface area (Å²) in [6, 6.07) is 3.50. The zero-order valence-corrected chi connectivity index (χ0v) is 10.00. The molecule has 2 heterocycles. The lowest BCUT2D eigenvalue weighted by Crippen LogP contribution is -2.20. The lowest BCUT2D eigenvalue weighted by molar-refractivity contribution is 0.702. The van der Waals surface area contributed by atoms with Gasteiger partial charge in [0.25, 0.3) is 5.56 Å². The molecule has 0 radical (unpaired) electrons. The molecule has 0 bridgehead atoms. The molecule has 0 spiro atoms. The van der Waals surface area contributed by atoms with Crippen LogP contribution in [0.25, 0.3) is 10.9 Å². The zero-order valence-electron chi connectivity index (χ0n) is 8.84. The second kappa shape index (κ2) is 5.56. The van der Waals surface area contributed by atoms with E-state index in [2.05, 4.69) is 19.3 Å². The monoisotopic (exact) mass is 223 g/mol. The first-order chi connectivity index (χ1) is 7.33. The minimum Gasteiger partial charge on any atom is -0.267 e. The fourth-order valence-corrected chi connectivity index (χ4v) is 1.41. The molecule has 1 atom stereocenters. The van der Waals surface area contributed by atoms with Crippen molar-refractivity contribution in [1.29, 1.82) is 0 Å². The first-order valence-corrected chi connectivity index (χ1v) is 5.65. The van der Waals surface area contributed by atoms with E-state index in [1.807, 2.05) is 13.8 Å². The van der Waals surface area contributed by atoms with E-state index in [1.54, 1.807) is 24.5 Å². The summed E-state index contributed by atoms with van der Waals surface area (Å²) >= 11 is 0. The van der Waals surface area contributed by atoms with E-state index in [0.717, 1.165) is 0 Å². The summed E-state index contributed by atoms with van der Waals surface area (Å²) in [5.74, 6) is 0. The van der Waals surface area contributed by atoms with Crippen LogP contribution in [0.1, 0.15) is 13.8 Å². The largest absolute Gasteiger partial charge is 0.276 e. The van der Waals surface area contributed by atoms with Gasteiger partial charge in [0.15, 0.2) is 0 Å². The summed E-state index contributed by atoms with van der Waals surface area (Å²) in [6.07, 6.45) is 3.75. The lowest BCUT2D eigenvalue weighted by Gasteiger charge is -2.00. The van der Waals surface area contributed by atoms with E-state index < -0.39 is 0 Å². The van der Waals surface area contributed by atoms with Crippen molar-refractivity contribution in [2.45, 2.75) is 20.1 Å². The van der Waals surface area contributed by atoms with Gasteiger partial charge in [0.2, 0.25) is 0 Å². The van der Waals surface area contributed by atoms with Gasteiger partial charge in [0.05, 0.1) is 23.4 Å². The highest BCUT2D eigenvalue weighted by atomic mass is 31.0. The van der Waals surface area contributed by atoms with Crippen LogP contribution in [-0.2, 0) is 6.29 Å². The topological polar surface area (TPSA) is 47.8 Å². The fourth-order valence-electron chi connectivity index (χ4n) is 1.15. The molecule has 0 aromatic carbocycles. The van der Waals surface area contributed by atoms with Crippen molar-refractivity contribution in [2.24, 2.45) is 0 Å². The van der Waals surface area contributed by atoms with Crippen molar-refractivity contribution >= 4 is 20.1 Å². The van der Waals surface area contributed by atoms with Gasteiger partial charge in [-0.1, -0.05) is 13.8 Å². The van der Waals surface area contributed by atoms with Gasteiger partial charge in [-0.2, -0.15) is 5.10 Å². The molecule has 0 N–H and O–H groups in total. The highest BCUT2D eigenvalue weighted by Crippen LogP contribution is 2.02. The Morgan fingerprint density at radius 2 is 2.20 bits per heavy atom. The number of aromatic nitrogens is 3. The van der Waals surface area contributed by atoms with Gasteiger partial charge in [-0.05, 0) is 12.1 Å². The Labute approximate surface area is 90.5 Å². The maximum absolute atomic E-state index is 11.6. The van der Waals surface area contributed by atoms with Crippen molar-refractivity contribution in [2.75, 3.05) is 0 Å². The van der Waals surface area contributed by atoms with E-state index in [-0.39, 0.29) is 5.56 Å². The molecule has 80 valence electrons. The molecule has 0 aliphatic heterocycles. The summed E-state index contributed by atoms with van der Waals surface area (Å²) in [5.41, 5.74) is 0.544. The first kappa shape index (κ1) is 11.8. The molecule has 2 aromatic rings. The number of nitrogens with zero attached hydrogens (tertiary/aromatic N) is 3. The highest BCUT2D eigenvalue weighted by molar-refractivity contribution is 7.15. The Kier molecular flexibility index (Phi) is 4.37. The molecular formula is C10H14N3OP. The number of hydrogen-bond donors (Lipinski definition) is 0. The minimum absolute atomic E-state index is 0.0967. The molecule has 1 unspecified atom stereocenters. The zero-order chi connectivity index (χ0) is 11.3. The smallest absolute Gasteiger partial charge is 0.267 e. The Bertz CT molecular complexity index is 495. The fraction of sp³-hybridized carbons (Fsp3) is 0.300. The summed E-state index contributed by atoms with van der Waals surface area (Å²) in [7, 11) is 2.46. The van der Waals surface area contributed by atoms with Gasteiger partial charge in [-0.25, -0.2) is 4.68 Å². The average molecular weight is 223 g/mol. The van der Waals surface area contributed by atoms with Crippen molar-refractivity contribution in [3.63, 3.8) is 0 Å². The SMILES string of the molecule is CC.O=c1c2cccnc2cnn1CP. The van der Waals surface area contributed by atoms with E-state index >= 15 is 0 Å². The average Bonchev–Trinajstić information content (AvgIpc) is 2.33. The Balaban J connectivity index is 0.000000531. The standard InChI is InChI=1S/C8H8N3OP.C2H6/c12-8-6-2-1-3-9-7(6)4-10-11(8)5-13;1-2/h1-4H,5,13H2;1-2H3. The third-order valence-corrected chi connectivity index (χ3v) is 2.14. The summed E-state index contributed by atoms with van der Waals surface area (Å²) in [6.45, 7) is 4.00. The van der Waals surface area contributed by atoms with Crippen LogP contribution in [0.2, 0.25) is 0 Å². The molecule has 4 nitrogen and oxygen atoms in total. The van der Waals surface area contributed by atoms with Crippen molar-refractivity contribution in [3.8, 4) is 0 Å². The molecule has 2 aromatic heterocycles. The third kappa shape index (κ3) is 2.39. The second-order valence-electron chi connectivity index (χ2n) is 2.57. The van der Waals surface area contributed by atoms with Gasteiger partial charge in [0.1, 0.15) is 0 Å². The van der Waals surface area contributed by atoms with Gasteiger partial charge in [0, 0.05) is 6.20 Å². The van der Waals surface area contributed by atoms with Crippen LogP contribution in [-0.4, -0.2) is 14.8 Å². The second-order valence-corrected chi connectivity index (χ2v) is 2.93. The number of hydrogen-bond acceptors (Lipinski definition) is 3. The normalized spacial score (nSPS) is 9.53. The molecule has 0 aliphatic rings. The maximum Gasteiger partial charge on any atom is 0.276 e. The molecule has 5 heteroatoms. The van der Waals surface area contributed by atoms with E-state index in [4.69, 9.17) is 0 Å². The predicted molar refractivity (Wildman–Crippen MR) is 64.9 cm³/mol. The quantitative estimate of drug-likeness (QED) is 0.690. The number of fused-ring (bicyclic) bond motifs is 1. The van der Waals surface area contributed by atoms with Crippen LogP contribution in [0.15, 0.2) is 29.3 Å². The molecule has 0 fully saturated rings. The molecule has 0 saturated carbocycles. The lowest BCUT2D eigenvalue weighted by atomic mass is 10.3. The predicted octanol–water partition coefficient (Wildman–Crippen LogP) is 1.65. The summed E-state index contributed by atoms with van der Waals surface area (Å²) in [4.78, 5) is 15.6. The van der Waals surface area contributed by atoms with Crippen LogP contribution in [0.4, 0.5) is 0 Å². The number of pyridine rings is 1. The minimum atomic E-state index is -0.0967. The molecule has 2 rings (SSSR count). The van der Waals surface area contributed by atoms with E-state index in [9.17, 15) is 4.79 Å². The Morgan fingerprint density at radius 1 is 1.47 bits per heavy atom. The number of rotatable bonds is 1. The van der Waals surface area contributed by atoms with Crippen molar-refractivity contribution in [3.05, 3.63) is 34.9 Å². The van der Waals surface area contributed by atoms with Crippen LogP contribution >= 0.6 is 9.24 Å². The summed E-state index contributed by atoms with van der Waals surface area (Å²) in [5, 5.41) is 4.56. The van der Waals surface area contributed by atoms with Gasteiger partial charge < -0.3 is 0 Å². The first-order valence-electron chi connectivity index (χ1n) is 4.84. The van der Waals surface area contributed by atoms with Crippen molar-refractivity contribution in [1.82, 2.24) is 14.8 Å². The van der Waals surface area contributed by atoms with Gasteiger partial charge in [-0.3, -0.25) is 9.78 Å². The van der Waals surface area contributed by atoms with Crippen molar-refractivity contribution < 1.29 is 0 Å².